The number of carbonyl (C=O) groups is 2. The van der Waals surface area contributed by atoms with Crippen molar-refractivity contribution in [2.75, 3.05) is 38.6 Å². The van der Waals surface area contributed by atoms with Gasteiger partial charge in [-0.3, -0.25) is 9.59 Å². The summed E-state index contributed by atoms with van der Waals surface area (Å²) >= 11 is 6.01. The quantitative estimate of drug-likeness (QED) is 0.494. The Hall–Kier alpha value is -2.72. The van der Waals surface area contributed by atoms with Crippen molar-refractivity contribution in [2.24, 2.45) is 0 Å². The minimum Gasteiger partial charge on any atom is -0.495 e. The van der Waals surface area contributed by atoms with Gasteiger partial charge in [-0.25, -0.2) is 0 Å². The molecule has 0 saturated carbocycles. The van der Waals surface area contributed by atoms with Crippen LogP contribution in [0.2, 0.25) is 5.02 Å². The molecule has 2 rings (SSSR count). The number of carbonyl (C=O) groups excluding carboxylic acids is 2. The van der Waals surface area contributed by atoms with E-state index >= 15 is 0 Å². The summed E-state index contributed by atoms with van der Waals surface area (Å²) in [6, 6.07) is 6.72. The first kappa shape index (κ1) is 17.6. The predicted molar refractivity (Wildman–Crippen MR) is 89.5 cm³/mol. The number of nitrogens with one attached hydrogen (secondary N) is 1. The van der Waals surface area contributed by atoms with Gasteiger partial charge < -0.3 is 19.9 Å². The number of halogens is 1. The number of benzene rings is 1. The molecule has 0 spiro atoms. The van der Waals surface area contributed by atoms with E-state index in [-0.39, 0.29) is 5.57 Å². The standard InChI is InChI=1S/C16H17ClN4O3/c1-24-15-3-2-13(8-14(15)17)19-16(23)12(9-18)10-20-4-6-21(11-22)7-5-20/h2-3,8,10-11H,4-7H2,1H3,(H,19,23)/b12-10-. The molecule has 0 unspecified atom stereocenters. The number of nitriles is 1. The van der Waals surface area contributed by atoms with Crippen LogP contribution in [0.25, 0.3) is 0 Å². The summed E-state index contributed by atoms with van der Waals surface area (Å²) in [7, 11) is 1.50. The van der Waals surface area contributed by atoms with Crippen LogP contribution in [0, 0.1) is 11.3 Å². The van der Waals surface area contributed by atoms with E-state index in [2.05, 4.69) is 5.32 Å². The lowest BCUT2D eigenvalue weighted by atomic mass is 10.2. The smallest absolute Gasteiger partial charge is 0.267 e. The van der Waals surface area contributed by atoms with Crippen LogP contribution in [0.3, 0.4) is 0 Å². The molecule has 0 aromatic heterocycles. The molecule has 0 radical (unpaired) electrons. The third-order valence-electron chi connectivity index (χ3n) is 3.58. The second kappa shape index (κ2) is 8.22. The Balaban J connectivity index is 2.04. The molecule has 0 aliphatic carbocycles. The number of piperazine rings is 1. The highest BCUT2D eigenvalue weighted by molar-refractivity contribution is 6.32. The lowest BCUT2D eigenvalue weighted by Gasteiger charge is -2.31. The maximum atomic E-state index is 12.2. The number of methoxy groups -OCH3 is 1. The summed E-state index contributed by atoms with van der Waals surface area (Å²) in [5, 5.41) is 12.2. The molecule has 2 amide bonds. The average molecular weight is 349 g/mol. The molecule has 126 valence electrons. The Labute approximate surface area is 145 Å². The zero-order valence-corrected chi connectivity index (χ0v) is 13.9. The van der Waals surface area contributed by atoms with Gasteiger partial charge in [-0.05, 0) is 18.2 Å². The normalized spacial score (nSPS) is 14.8. The van der Waals surface area contributed by atoms with E-state index in [1.54, 1.807) is 23.1 Å². The van der Waals surface area contributed by atoms with Crippen molar-refractivity contribution in [1.29, 1.82) is 5.26 Å². The summed E-state index contributed by atoms with van der Waals surface area (Å²) in [5.74, 6) is -0.0182. The van der Waals surface area contributed by atoms with E-state index in [0.717, 1.165) is 6.41 Å². The van der Waals surface area contributed by atoms with E-state index in [1.807, 2.05) is 11.0 Å². The van der Waals surface area contributed by atoms with Crippen molar-refractivity contribution < 1.29 is 14.3 Å². The third kappa shape index (κ3) is 4.40. The number of nitrogens with zero attached hydrogens (tertiary/aromatic N) is 3. The van der Waals surface area contributed by atoms with Crippen LogP contribution in [0.1, 0.15) is 0 Å². The lowest BCUT2D eigenvalue weighted by molar-refractivity contribution is -0.119. The number of rotatable bonds is 5. The largest absolute Gasteiger partial charge is 0.495 e. The van der Waals surface area contributed by atoms with Crippen LogP contribution >= 0.6 is 11.6 Å². The minimum absolute atomic E-state index is 0.0125. The van der Waals surface area contributed by atoms with Crippen molar-refractivity contribution in [3.8, 4) is 11.8 Å². The van der Waals surface area contributed by atoms with Gasteiger partial charge in [-0.15, -0.1) is 0 Å². The fraction of sp³-hybridized carbons (Fsp3) is 0.312. The minimum atomic E-state index is -0.517. The van der Waals surface area contributed by atoms with Crippen molar-refractivity contribution in [2.45, 2.75) is 0 Å². The number of hydrogen-bond donors (Lipinski definition) is 1. The van der Waals surface area contributed by atoms with E-state index in [9.17, 15) is 14.9 Å². The van der Waals surface area contributed by atoms with Crippen molar-refractivity contribution in [3.63, 3.8) is 0 Å². The SMILES string of the molecule is COc1ccc(NC(=O)/C(C#N)=C\N2CCN(C=O)CC2)cc1Cl. The molecule has 24 heavy (non-hydrogen) atoms. The second-order valence-electron chi connectivity index (χ2n) is 5.14. The van der Waals surface area contributed by atoms with Crippen LogP contribution < -0.4 is 10.1 Å². The van der Waals surface area contributed by atoms with Gasteiger partial charge in [-0.1, -0.05) is 11.6 Å². The summed E-state index contributed by atoms with van der Waals surface area (Å²) in [6.07, 6.45) is 2.31. The van der Waals surface area contributed by atoms with E-state index < -0.39 is 5.91 Å². The molecular formula is C16H17ClN4O3. The van der Waals surface area contributed by atoms with Gasteiger partial charge in [0.25, 0.3) is 5.91 Å². The van der Waals surface area contributed by atoms with Crippen LogP contribution in [-0.2, 0) is 9.59 Å². The van der Waals surface area contributed by atoms with Crippen LogP contribution in [-0.4, -0.2) is 55.4 Å². The molecule has 1 aromatic carbocycles. The first-order valence-electron chi connectivity index (χ1n) is 7.27. The average Bonchev–Trinajstić information content (AvgIpc) is 2.60. The van der Waals surface area contributed by atoms with E-state index in [1.165, 1.54) is 13.3 Å². The topological polar surface area (TPSA) is 85.7 Å². The third-order valence-corrected chi connectivity index (χ3v) is 3.88. The maximum Gasteiger partial charge on any atom is 0.267 e. The Morgan fingerprint density at radius 3 is 2.54 bits per heavy atom. The van der Waals surface area contributed by atoms with Crippen LogP contribution in [0.4, 0.5) is 5.69 Å². The van der Waals surface area contributed by atoms with Gasteiger partial charge in [0.05, 0.1) is 12.1 Å². The molecule has 0 bridgehead atoms. The molecule has 1 saturated heterocycles. The van der Waals surface area contributed by atoms with E-state index in [0.29, 0.717) is 42.6 Å². The molecule has 1 fully saturated rings. The van der Waals surface area contributed by atoms with Gasteiger partial charge in [-0.2, -0.15) is 5.26 Å². The van der Waals surface area contributed by atoms with Gasteiger partial charge in [0, 0.05) is 38.1 Å². The molecule has 8 heteroatoms. The zero-order chi connectivity index (χ0) is 17.5. The lowest BCUT2D eigenvalue weighted by Crippen LogP contribution is -2.43. The zero-order valence-electron chi connectivity index (χ0n) is 13.2. The second-order valence-corrected chi connectivity index (χ2v) is 5.54. The fourth-order valence-electron chi connectivity index (χ4n) is 2.24. The van der Waals surface area contributed by atoms with Gasteiger partial charge in [0.15, 0.2) is 0 Å². The molecule has 1 N–H and O–H groups in total. The van der Waals surface area contributed by atoms with Crippen molar-refractivity contribution >= 4 is 29.6 Å². The van der Waals surface area contributed by atoms with Gasteiger partial charge >= 0.3 is 0 Å². The number of hydrogen-bond acceptors (Lipinski definition) is 5. The first-order chi connectivity index (χ1) is 11.6. The Bertz CT molecular complexity index is 691. The van der Waals surface area contributed by atoms with Crippen LogP contribution in [0.5, 0.6) is 5.75 Å². The molecule has 0 atom stereocenters. The van der Waals surface area contributed by atoms with Gasteiger partial charge in [0.2, 0.25) is 6.41 Å². The molecule has 7 nitrogen and oxygen atoms in total. The summed E-state index contributed by atoms with van der Waals surface area (Å²) in [6.45, 7) is 2.28. The summed E-state index contributed by atoms with van der Waals surface area (Å²) < 4.78 is 5.05. The highest BCUT2D eigenvalue weighted by Crippen LogP contribution is 2.27. The van der Waals surface area contributed by atoms with Crippen molar-refractivity contribution in [1.82, 2.24) is 9.80 Å². The van der Waals surface area contributed by atoms with Crippen LogP contribution in [0.15, 0.2) is 30.0 Å². The molecule has 1 aliphatic rings. The Morgan fingerprint density at radius 1 is 1.33 bits per heavy atom. The number of amides is 2. The highest BCUT2D eigenvalue weighted by atomic mass is 35.5. The molecular weight excluding hydrogens is 332 g/mol. The molecule has 1 aromatic rings. The monoisotopic (exact) mass is 348 g/mol. The summed E-state index contributed by atoms with van der Waals surface area (Å²) in [4.78, 5) is 26.4. The number of anilines is 1. The number of ether oxygens (including phenoxy) is 1. The maximum absolute atomic E-state index is 12.2. The highest BCUT2D eigenvalue weighted by Gasteiger charge is 2.16. The first-order valence-corrected chi connectivity index (χ1v) is 7.65. The fourth-order valence-corrected chi connectivity index (χ4v) is 2.49. The van der Waals surface area contributed by atoms with Gasteiger partial charge in [0.1, 0.15) is 17.4 Å². The van der Waals surface area contributed by atoms with Crippen molar-refractivity contribution in [3.05, 3.63) is 35.0 Å². The summed E-state index contributed by atoms with van der Waals surface area (Å²) in [5.41, 5.74) is 0.458. The molecule has 1 heterocycles. The predicted octanol–water partition coefficient (Wildman–Crippen LogP) is 1.47. The Kier molecular flexibility index (Phi) is 6.04. The van der Waals surface area contributed by atoms with E-state index in [4.69, 9.17) is 16.3 Å². The molecule has 1 aliphatic heterocycles. The Morgan fingerprint density at radius 2 is 2.00 bits per heavy atom.